The molecule has 1 unspecified atom stereocenters. The Kier molecular flexibility index (Phi) is 4.19. The lowest BCUT2D eigenvalue weighted by atomic mass is 10.2. The first-order valence-corrected chi connectivity index (χ1v) is 7.36. The minimum absolute atomic E-state index is 0.0732. The van der Waals surface area contributed by atoms with Crippen molar-refractivity contribution in [3.63, 3.8) is 0 Å². The van der Waals surface area contributed by atoms with Crippen LogP contribution in [0.15, 0.2) is 12.4 Å². The van der Waals surface area contributed by atoms with E-state index in [4.69, 9.17) is 9.84 Å². The minimum Gasteiger partial charge on any atom is -0.476 e. The topological polar surface area (TPSA) is 95.9 Å². The molecule has 1 amide bonds. The number of anilines is 1. The normalized spacial score (nSPS) is 21.9. The van der Waals surface area contributed by atoms with Gasteiger partial charge in [0.05, 0.1) is 12.4 Å². The molecule has 3 heterocycles. The summed E-state index contributed by atoms with van der Waals surface area (Å²) in [5.41, 5.74) is -0.0732. The predicted molar refractivity (Wildman–Crippen MR) is 76.8 cm³/mol. The van der Waals surface area contributed by atoms with Crippen LogP contribution in [-0.2, 0) is 9.53 Å². The van der Waals surface area contributed by atoms with E-state index in [0.717, 1.165) is 12.8 Å². The second-order valence-electron chi connectivity index (χ2n) is 5.38. The molecule has 2 aliphatic rings. The first-order valence-electron chi connectivity index (χ1n) is 7.36. The van der Waals surface area contributed by atoms with Gasteiger partial charge in [0, 0.05) is 32.8 Å². The number of amides is 1. The van der Waals surface area contributed by atoms with E-state index in [-0.39, 0.29) is 17.7 Å². The third-order valence-electron chi connectivity index (χ3n) is 3.98. The molecule has 0 aromatic carbocycles. The zero-order valence-electron chi connectivity index (χ0n) is 12.1. The first-order chi connectivity index (χ1) is 10.6. The number of piperazine rings is 1. The summed E-state index contributed by atoms with van der Waals surface area (Å²) < 4.78 is 5.43. The van der Waals surface area contributed by atoms with Crippen LogP contribution >= 0.6 is 0 Å². The molecule has 0 radical (unpaired) electrons. The average Bonchev–Trinajstić information content (AvgIpc) is 3.09. The van der Waals surface area contributed by atoms with E-state index < -0.39 is 5.97 Å². The quantitative estimate of drug-likeness (QED) is 0.839. The number of carboxylic acid groups (broad SMARTS) is 1. The molecule has 118 valence electrons. The van der Waals surface area contributed by atoms with Gasteiger partial charge in [-0.1, -0.05) is 0 Å². The van der Waals surface area contributed by atoms with Gasteiger partial charge in [-0.3, -0.25) is 4.79 Å². The molecule has 22 heavy (non-hydrogen) atoms. The highest BCUT2D eigenvalue weighted by molar-refractivity contribution is 5.85. The van der Waals surface area contributed by atoms with Crippen molar-refractivity contribution in [2.75, 3.05) is 37.7 Å². The Morgan fingerprint density at radius 2 is 1.95 bits per heavy atom. The molecule has 3 rings (SSSR count). The molecule has 0 spiro atoms. The van der Waals surface area contributed by atoms with Crippen LogP contribution in [-0.4, -0.2) is 70.7 Å². The van der Waals surface area contributed by atoms with Gasteiger partial charge in [-0.15, -0.1) is 0 Å². The summed E-state index contributed by atoms with van der Waals surface area (Å²) in [5, 5.41) is 8.81. The van der Waals surface area contributed by atoms with Crippen molar-refractivity contribution in [1.82, 2.24) is 14.9 Å². The zero-order valence-corrected chi connectivity index (χ0v) is 12.1. The molecule has 0 aliphatic carbocycles. The predicted octanol–water partition coefficient (Wildman–Crippen LogP) is 0.00240. The summed E-state index contributed by atoms with van der Waals surface area (Å²) in [6.07, 6.45) is 4.19. The maximum atomic E-state index is 12.3. The third kappa shape index (κ3) is 3.01. The lowest BCUT2D eigenvalue weighted by Crippen LogP contribution is -2.51. The van der Waals surface area contributed by atoms with Crippen molar-refractivity contribution in [3.05, 3.63) is 18.1 Å². The molecule has 1 aromatic rings. The highest BCUT2D eigenvalue weighted by atomic mass is 16.5. The van der Waals surface area contributed by atoms with Crippen LogP contribution in [0, 0.1) is 0 Å². The second kappa shape index (κ2) is 6.27. The number of aromatic nitrogens is 2. The fraction of sp³-hybridized carbons (Fsp3) is 0.571. The Hall–Kier alpha value is -2.22. The lowest BCUT2D eigenvalue weighted by molar-refractivity contribution is -0.141. The molecular formula is C14H18N4O4. The standard InChI is InChI=1S/C14H18N4O4/c19-13(11-2-1-7-22-11)18-5-3-17(4-6-18)12-9-15-10(8-16-12)14(20)21/h8-9,11H,1-7H2,(H,20,21). The van der Waals surface area contributed by atoms with E-state index in [9.17, 15) is 9.59 Å². The number of aromatic carboxylic acids is 1. The van der Waals surface area contributed by atoms with Crippen molar-refractivity contribution in [3.8, 4) is 0 Å². The fourth-order valence-corrected chi connectivity index (χ4v) is 2.73. The smallest absolute Gasteiger partial charge is 0.356 e. The molecule has 2 saturated heterocycles. The Labute approximate surface area is 127 Å². The van der Waals surface area contributed by atoms with Gasteiger partial charge in [-0.05, 0) is 12.8 Å². The largest absolute Gasteiger partial charge is 0.476 e. The number of carbonyl (C=O) groups is 2. The van der Waals surface area contributed by atoms with Crippen LogP contribution < -0.4 is 4.90 Å². The minimum atomic E-state index is -1.09. The number of nitrogens with zero attached hydrogens (tertiary/aromatic N) is 4. The van der Waals surface area contributed by atoms with Gasteiger partial charge in [-0.25, -0.2) is 14.8 Å². The van der Waals surface area contributed by atoms with Crippen LogP contribution in [0.25, 0.3) is 0 Å². The van der Waals surface area contributed by atoms with Gasteiger partial charge in [0.25, 0.3) is 5.91 Å². The van der Waals surface area contributed by atoms with Crippen LogP contribution in [0.5, 0.6) is 0 Å². The number of carboxylic acids is 1. The summed E-state index contributed by atoms with van der Waals surface area (Å²) >= 11 is 0. The van der Waals surface area contributed by atoms with Crippen LogP contribution in [0.2, 0.25) is 0 Å². The molecule has 2 aliphatic heterocycles. The molecular weight excluding hydrogens is 288 g/mol. The summed E-state index contributed by atoms with van der Waals surface area (Å²) in [6, 6.07) is 0. The maximum Gasteiger partial charge on any atom is 0.356 e. The van der Waals surface area contributed by atoms with Gasteiger partial charge in [0.1, 0.15) is 11.9 Å². The molecule has 1 atom stereocenters. The van der Waals surface area contributed by atoms with Gasteiger partial charge in [-0.2, -0.15) is 0 Å². The van der Waals surface area contributed by atoms with E-state index in [1.165, 1.54) is 12.4 Å². The molecule has 8 heteroatoms. The monoisotopic (exact) mass is 306 g/mol. The fourth-order valence-electron chi connectivity index (χ4n) is 2.73. The van der Waals surface area contributed by atoms with E-state index in [2.05, 4.69) is 9.97 Å². The van der Waals surface area contributed by atoms with E-state index >= 15 is 0 Å². The third-order valence-corrected chi connectivity index (χ3v) is 3.98. The SMILES string of the molecule is O=C(O)c1cnc(N2CCN(C(=O)C3CCCO3)CC2)cn1. The van der Waals surface area contributed by atoms with Crippen molar-refractivity contribution < 1.29 is 19.4 Å². The van der Waals surface area contributed by atoms with Gasteiger partial charge >= 0.3 is 5.97 Å². The van der Waals surface area contributed by atoms with Crippen molar-refractivity contribution in [2.45, 2.75) is 18.9 Å². The first kappa shape index (κ1) is 14.7. The average molecular weight is 306 g/mol. The molecule has 0 saturated carbocycles. The van der Waals surface area contributed by atoms with Gasteiger partial charge < -0.3 is 19.6 Å². The number of carbonyl (C=O) groups excluding carboxylic acids is 1. The Balaban J connectivity index is 1.57. The van der Waals surface area contributed by atoms with Gasteiger partial charge in [0.2, 0.25) is 0 Å². The molecule has 1 aromatic heterocycles. The lowest BCUT2D eigenvalue weighted by Gasteiger charge is -2.36. The van der Waals surface area contributed by atoms with Crippen molar-refractivity contribution >= 4 is 17.7 Å². The highest BCUT2D eigenvalue weighted by Gasteiger charge is 2.30. The zero-order chi connectivity index (χ0) is 15.5. The highest BCUT2D eigenvalue weighted by Crippen LogP contribution is 2.17. The number of rotatable bonds is 3. The summed E-state index contributed by atoms with van der Waals surface area (Å²) in [6.45, 7) is 3.20. The summed E-state index contributed by atoms with van der Waals surface area (Å²) in [7, 11) is 0. The maximum absolute atomic E-state index is 12.3. The molecule has 0 bridgehead atoms. The number of hydrogen-bond donors (Lipinski definition) is 1. The Morgan fingerprint density at radius 3 is 2.50 bits per heavy atom. The molecule has 1 N–H and O–H groups in total. The van der Waals surface area contributed by atoms with E-state index in [0.29, 0.717) is 38.6 Å². The summed E-state index contributed by atoms with van der Waals surface area (Å²) in [4.78, 5) is 34.8. The molecule has 8 nitrogen and oxygen atoms in total. The Bertz CT molecular complexity index is 548. The number of hydrogen-bond acceptors (Lipinski definition) is 6. The second-order valence-corrected chi connectivity index (χ2v) is 5.38. The Morgan fingerprint density at radius 1 is 1.18 bits per heavy atom. The van der Waals surface area contributed by atoms with Gasteiger partial charge in [0.15, 0.2) is 5.69 Å². The van der Waals surface area contributed by atoms with Crippen molar-refractivity contribution in [2.24, 2.45) is 0 Å². The number of ether oxygens (including phenoxy) is 1. The molecule has 2 fully saturated rings. The van der Waals surface area contributed by atoms with E-state index in [1.54, 1.807) is 0 Å². The van der Waals surface area contributed by atoms with E-state index in [1.807, 2.05) is 9.80 Å². The van der Waals surface area contributed by atoms with Crippen LogP contribution in [0.1, 0.15) is 23.3 Å². The van der Waals surface area contributed by atoms with Crippen molar-refractivity contribution in [1.29, 1.82) is 0 Å². The van der Waals surface area contributed by atoms with Crippen LogP contribution in [0.3, 0.4) is 0 Å². The summed E-state index contributed by atoms with van der Waals surface area (Å²) in [5.74, 6) is -0.385. The van der Waals surface area contributed by atoms with Crippen LogP contribution in [0.4, 0.5) is 5.82 Å².